The lowest BCUT2D eigenvalue weighted by atomic mass is 9.95. The van der Waals surface area contributed by atoms with Gasteiger partial charge in [-0.25, -0.2) is 0 Å². The van der Waals surface area contributed by atoms with Crippen LogP contribution in [0.25, 0.3) is 0 Å². The second kappa shape index (κ2) is 7.53. The molecule has 0 amide bonds. The number of aryl methyl sites for hydroxylation is 1. The number of hydrogen-bond acceptors (Lipinski definition) is 6. The molecule has 3 heterocycles. The molecule has 0 aromatic carbocycles. The van der Waals surface area contributed by atoms with Crippen LogP contribution in [0.4, 0.5) is 0 Å². The van der Waals surface area contributed by atoms with E-state index >= 15 is 0 Å². The van der Waals surface area contributed by atoms with Crippen LogP contribution in [-0.4, -0.2) is 65.9 Å². The van der Waals surface area contributed by atoms with Crippen molar-refractivity contribution in [1.82, 2.24) is 19.9 Å². The molecule has 22 heavy (non-hydrogen) atoms. The molecule has 0 spiro atoms. The van der Waals surface area contributed by atoms with Gasteiger partial charge in [0.1, 0.15) is 0 Å². The molecular formula is C16H28N4O2. The van der Waals surface area contributed by atoms with Crippen molar-refractivity contribution in [1.29, 1.82) is 0 Å². The van der Waals surface area contributed by atoms with Gasteiger partial charge in [0.15, 0.2) is 5.82 Å². The zero-order valence-corrected chi connectivity index (χ0v) is 13.8. The highest BCUT2D eigenvalue weighted by Crippen LogP contribution is 2.26. The van der Waals surface area contributed by atoms with Crippen molar-refractivity contribution in [2.75, 3.05) is 45.9 Å². The van der Waals surface area contributed by atoms with Gasteiger partial charge in [-0.05, 0) is 38.8 Å². The highest BCUT2D eigenvalue weighted by atomic mass is 16.5. The van der Waals surface area contributed by atoms with E-state index in [0.717, 1.165) is 63.4 Å². The van der Waals surface area contributed by atoms with Gasteiger partial charge in [-0.1, -0.05) is 12.1 Å². The van der Waals surface area contributed by atoms with E-state index < -0.39 is 0 Å². The molecular weight excluding hydrogens is 280 g/mol. The van der Waals surface area contributed by atoms with Crippen LogP contribution >= 0.6 is 0 Å². The van der Waals surface area contributed by atoms with Gasteiger partial charge in [0, 0.05) is 26.1 Å². The van der Waals surface area contributed by atoms with Gasteiger partial charge in [0.05, 0.1) is 19.3 Å². The van der Waals surface area contributed by atoms with Gasteiger partial charge in [0.2, 0.25) is 5.89 Å². The topological polar surface area (TPSA) is 54.6 Å². The summed E-state index contributed by atoms with van der Waals surface area (Å²) in [5.74, 6) is 2.39. The van der Waals surface area contributed by atoms with Crippen molar-refractivity contribution < 1.29 is 9.26 Å². The van der Waals surface area contributed by atoms with Gasteiger partial charge in [-0.3, -0.25) is 9.80 Å². The maximum atomic E-state index is 5.42. The molecule has 0 saturated carbocycles. The first-order valence-electron chi connectivity index (χ1n) is 8.63. The number of aromatic nitrogens is 2. The van der Waals surface area contributed by atoms with E-state index in [1.807, 2.05) is 0 Å². The lowest BCUT2D eigenvalue weighted by Gasteiger charge is -2.37. The first-order valence-corrected chi connectivity index (χ1v) is 8.63. The molecule has 124 valence electrons. The molecule has 1 aromatic rings. The van der Waals surface area contributed by atoms with Crippen LogP contribution in [0.5, 0.6) is 0 Å². The number of ether oxygens (including phenoxy) is 1. The SMILES string of the molecule is CCc1noc([C@H](C)N2CCC(CN3CCOCC3)CC2)n1. The summed E-state index contributed by atoms with van der Waals surface area (Å²) in [6.07, 6.45) is 3.35. The van der Waals surface area contributed by atoms with Gasteiger partial charge in [0.25, 0.3) is 0 Å². The minimum absolute atomic E-state index is 0.233. The van der Waals surface area contributed by atoms with E-state index in [1.54, 1.807) is 0 Å². The third kappa shape index (κ3) is 3.86. The van der Waals surface area contributed by atoms with Gasteiger partial charge < -0.3 is 9.26 Å². The second-order valence-electron chi connectivity index (χ2n) is 6.47. The highest BCUT2D eigenvalue weighted by molar-refractivity contribution is 4.93. The minimum Gasteiger partial charge on any atom is -0.379 e. The Balaban J connectivity index is 1.46. The van der Waals surface area contributed by atoms with E-state index in [4.69, 9.17) is 9.26 Å². The van der Waals surface area contributed by atoms with Crippen LogP contribution in [0.2, 0.25) is 0 Å². The Hall–Kier alpha value is -0.980. The Morgan fingerprint density at radius 1 is 1.18 bits per heavy atom. The summed E-state index contributed by atoms with van der Waals surface area (Å²) in [6.45, 7) is 11.7. The Kier molecular flexibility index (Phi) is 5.44. The first kappa shape index (κ1) is 15.9. The Morgan fingerprint density at radius 2 is 1.91 bits per heavy atom. The minimum atomic E-state index is 0.233. The summed E-state index contributed by atoms with van der Waals surface area (Å²) in [6, 6.07) is 0.233. The Labute approximate surface area is 132 Å². The van der Waals surface area contributed by atoms with E-state index in [-0.39, 0.29) is 6.04 Å². The molecule has 0 aliphatic carbocycles. The molecule has 2 saturated heterocycles. The molecule has 2 fully saturated rings. The smallest absolute Gasteiger partial charge is 0.243 e. The number of rotatable bonds is 5. The first-order chi connectivity index (χ1) is 10.8. The van der Waals surface area contributed by atoms with E-state index in [1.165, 1.54) is 19.4 Å². The highest BCUT2D eigenvalue weighted by Gasteiger charge is 2.27. The van der Waals surface area contributed by atoms with Crippen LogP contribution in [0.15, 0.2) is 4.52 Å². The summed E-state index contributed by atoms with van der Waals surface area (Å²) in [5.41, 5.74) is 0. The summed E-state index contributed by atoms with van der Waals surface area (Å²) < 4.78 is 10.8. The zero-order chi connectivity index (χ0) is 15.4. The maximum Gasteiger partial charge on any atom is 0.243 e. The maximum absolute atomic E-state index is 5.42. The molecule has 3 rings (SSSR count). The summed E-state index contributed by atoms with van der Waals surface area (Å²) >= 11 is 0. The van der Waals surface area contributed by atoms with Gasteiger partial charge in [-0.15, -0.1) is 0 Å². The van der Waals surface area contributed by atoms with Crippen molar-refractivity contribution in [3.63, 3.8) is 0 Å². The van der Waals surface area contributed by atoms with Gasteiger partial charge >= 0.3 is 0 Å². The number of nitrogens with zero attached hydrogens (tertiary/aromatic N) is 4. The van der Waals surface area contributed by atoms with Crippen molar-refractivity contribution in [2.24, 2.45) is 5.92 Å². The van der Waals surface area contributed by atoms with E-state index in [2.05, 4.69) is 33.8 Å². The predicted molar refractivity (Wildman–Crippen MR) is 83.6 cm³/mol. The predicted octanol–water partition coefficient (Wildman–Crippen LogP) is 1.74. The van der Waals surface area contributed by atoms with Crippen molar-refractivity contribution >= 4 is 0 Å². The summed E-state index contributed by atoms with van der Waals surface area (Å²) in [5, 5.41) is 4.01. The fourth-order valence-electron chi connectivity index (χ4n) is 3.41. The number of piperidine rings is 1. The zero-order valence-electron chi connectivity index (χ0n) is 13.8. The van der Waals surface area contributed by atoms with Crippen LogP contribution < -0.4 is 0 Å². The average Bonchev–Trinajstić information content (AvgIpc) is 3.05. The number of hydrogen-bond donors (Lipinski definition) is 0. The quantitative estimate of drug-likeness (QED) is 0.826. The van der Waals surface area contributed by atoms with Crippen molar-refractivity contribution in [3.8, 4) is 0 Å². The molecule has 2 aliphatic heterocycles. The molecule has 6 heteroatoms. The third-order valence-electron chi connectivity index (χ3n) is 4.97. The molecule has 6 nitrogen and oxygen atoms in total. The number of morpholine rings is 1. The van der Waals surface area contributed by atoms with Crippen LogP contribution in [0.3, 0.4) is 0 Å². The average molecular weight is 308 g/mol. The fraction of sp³-hybridized carbons (Fsp3) is 0.875. The Morgan fingerprint density at radius 3 is 2.55 bits per heavy atom. The standard InChI is InChI=1S/C16H28N4O2/c1-3-15-17-16(22-18-15)13(2)20-6-4-14(5-7-20)12-19-8-10-21-11-9-19/h13-14H,3-12H2,1-2H3/t13-/m0/s1. The van der Waals surface area contributed by atoms with E-state index in [9.17, 15) is 0 Å². The lowest BCUT2D eigenvalue weighted by Crippen LogP contribution is -2.43. The lowest BCUT2D eigenvalue weighted by molar-refractivity contribution is 0.0217. The normalized spacial score (nSPS) is 23.7. The monoisotopic (exact) mass is 308 g/mol. The van der Waals surface area contributed by atoms with Crippen molar-refractivity contribution in [2.45, 2.75) is 39.2 Å². The molecule has 0 bridgehead atoms. The molecule has 0 radical (unpaired) electrons. The summed E-state index contributed by atoms with van der Waals surface area (Å²) in [4.78, 5) is 9.50. The number of likely N-dealkylation sites (tertiary alicyclic amines) is 1. The third-order valence-corrected chi connectivity index (χ3v) is 4.97. The fourth-order valence-corrected chi connectivity index (χ4v) is 3.41. The van der Waals surface area contributed by atoms with Crippen LogP contribution in [0.1, 0.15) is 44.4 Å². The van der Waals surface area contributed by atoms with Crippen molar-refractivity contribution in [3.05, 3.63) is 11.7 Å². The molecule has 1 atom stereocenters. The largest absolute Gasteiger partial charge is 0.379 e. The molecule has 0 N–H and O–H groups in total. The molecule has 1 aromatic heterocycles. The van der Waals surface area contributed by atoms with Crippen LogP contribution in [0, 0.1) is 5.92 Å². The second-order valence-corrected chi connectivity index (χ2v) is 6.47. The molecule has 0 unspecified atom stereocenters. The molecule has 2 aliphatic rings. The van der Waals surface area contributed by atoms with E-state index in [0.29, 0.717) is 0 Å². The Bertz CT molecular complexity index is 451. The van der Waals surface area contributed by atoms with Gasteiger partial charge in [-0.2, -0.15) is 4.98 Å². The van der Waals surface area contributed by atoms with Crippen LogP contribution in [-0.2, 0) is 11.2 Å². The summed E-state index contributed by atoms with van der Waals surface area (Å²) in [7, 11) is 0.